The van der Waals surface area contributed by atoms with Gasteiger partial charge in [0.05, 0.1) is 6.20 Å². The molecule has 25 heavy (non-hydrogen) atoms. The van der Waals surface area contributed by atoms with Gasteiger partial charge in [-0.1, -0.05) is 13.8 Å². The lowest BCUT2D eigenvalue weighted by atomic mass is 10.1. The van der Waals surface area contributed by atoms with Crippen LogP contribution in [0.15, 0.2) is 22.7 Å². The van der Waals surface area contributed by atoms with Crippen LogP contribution in [0, 0.1) is 12.8 Å². The van der Waals surface area contributed by atoms with E-state index in [1.807, 2.05) is 25.3 Å². The third-order valence-electron chi connectivity index (χ3n) is 4.99. The van der Waals surface area contributed by atoms with Gasteiger partial charge in [-0.25, -0.2) is 0 Å². The lowest BCUT2D eigenvalue weighted by Crippen LogP contribution is -2.48. The molecule has 0 spiro atoms. The molecule has 0 aliphatic carbocycles. The lowest BCUT2D eigenvalue weighted by Gasteiger charge is -2.35. The van der Waals surface area contributed by atoms with Gasteiger partial charge in [0, 0.05) is 44.8 Å². The number of aromatic nitrogens is 2. The average Bonchev–Trinajstić information content (AvgIpc) is 3.24. The topological polar surface area (TPSA) is 60.3 Å². The number of aryl methyl sites for hydroxylation is 1. The maximum absolute atomic E-state index is 5.70. The third kappa shape index (κ3) is 4.93. The van der Waals surface area contributed by atoms with E-state index in [0.29, 0.717) is 5.92 Å². The van der Waals surface area contributed by atoms with Crippen molar-refractivity contribution in [2.45, 2.75) is 27.3 Å². The highest BCUT2D eigenvalue weighted by atomic mass is 16.3. The van der Waals surface area contributed by atoms with Gasteiger partial charge in [-0.2, -0.15) is 5.10 Å². The van der Waals surface area contributed by atoms with E-state index in [9.17, 15) is 0 Å². The van der Waals surface area contributed by atoms with Crippen molar-refractivity contribution in [3.63, 3.8) is 0 Å². The minimum Gasteiger partial charge on any atom is -0.460 e. The van der Waals surface area contributed by atoms with Gasteiger partial charge in [-0.05, 0) is 38.1 Å². The monoisotopic (exact) mass is 345 g/mol. The van der Waals surface area contributed by atoms with Gasteiger partial charge in [0.2, 0.25) is 0 Å². The van der Waals surface area contributed by atoms with Crippen LogP contribution in [0.25, 0.3) is 11.5 Å². The summed E-state index contributed by atoms with van der Waals surface area (Å²) in [4.78, 5) is 5.11. The first-order valence-corrected chi connectivity index (χ1v) is 9.40. The van der Waals surface area contributed by atoms with E-state index in [2.05, 4.69) is 39.2 Å². The van der Waals surface area contributed by atoms with Crippen LogP contribution in [0.3, 0.4) is 0 Å². The number of likely N-dealkylation sites (N-methyl/N-ethyl adjacent to an activating group) is 1. The molecule has 2 aromatic rings. The van der Waals surface area contributed by atoms with Gasteiger partial charge in [0.15, 0.2) is 5.76 Å². The molecule has 2 N–H and O–H groups in total. The van der Waals surface area contributed by atoms with Crippen molar-refractivity contribution in [2.75, 3.05) is 45.8 Å². The Morgan fingerprint density at radius 1 is 1.24 bits per heavy atom. The predicted octanol–water partition coefficient (Wildman–Crippen LogP) is 2.34. The van der Waals surface area contributed by atoms with Crippen LogP contribution in [-0.2, 0) is 6.54 Å². The Morgan fingerprint density at radius 3 is 2.68 bits per heavy atom. The molecule has 1 aliphatic heterocycles. The number of furan rings is 1. The fourth-order valence-corrected chi connectivity index (χ4v) is 3.47. The molecule has 0 saturated carbocycles. The molecule has 1 atom stereocenters. The van der Waals surface area contributed by atoms with Crippen molar-refractivity contribution >= 4 is 0 Å². The number of hydrogen-bond acceptors (Lipinski definition) is 5. The number of rotatable bonds is 8. The quantitative estimate of drug-likeness (QED) is 0.769. The molecule has 2 aromatic heterocycles. The molecule has 1 saturated heterocycles. The summed E-state index contributed by atoms with van der Waals surface area (Å²) in [5.74, 6) is 2.41. The highest BCUT2D eigenvalue weighted by Gasteiger charge is 2.17. The van der Waals surface area contributed by atoms with Crippen LogP contribution >= 0.6 is 0 Å². The summed E-state index contributed by atoms with van der Waals surface area (Å²) >= 11 is 0. The van der Waals surface area contributed by atoms with E-state index in [1.54, 1.807) is 0 Å². The molecule has 3 rings (SSSR count). The van der Waals surface area contributed by atoms with Gasteiger partial charge in [-0.3, -0.25) is 5.10 Å². The number of nitrogens with zero attached hydrogens (tertiary/aromatic N) is 3. The van der Waals surface area contributed by atoms with Crippen molar-refractivity contribution in [1.29, 1.82) is 0 Å². The third-order valence-corrected chi connectivity index (χ3v) is 4.99. The largest absolute Gasteiger partial charge is 0.460 e. The van der Waals surface area contributed by atoms with Crippen molar-refractivity contribution < 1.29 is 4.42 Å². The van der Waals surface area contributed by atoms with Gasteiger partial charge >= 0.3 is 0 Å². The standard InChI is InChI=1S/C19H31N5O/c1-4-23-7-9-24(10-8-23)14-15(2)11-20-12-17-13-21-22-19(17)18-6-5-16(3)25-18/h5-6,13,15,20H,4,7-12,14H2,1-3H3,(H,21,22). The van der Waals surface area contributed by atoms with Gasteiger partial charge in [0.1, 0.15) is 11.5 Å². The molecular weight excluding hydrogens is 314 g/mol. The summed E-state index contributed by atoms with van der Waals surface area (Å²) in [5, 5.41) is 10.8. The van der Waals surface area contributed by atoms with Crippen molar-refractivity contribution in [1.82, 2.24) is 25.3 Å². The number of aromatic amines is 1. The number of nitrogens with one attached hydrogen (secondary N) is 2. The highest BCUT2D eigenvalue weighted by Crippen LogP contribution is 2.23. The summed E-state index contributed by atoms with van der Waals surface area (Å²) in [6, 6.07) is 3.97. The summed E-state index contributed by atoms with van der Waals surface area (Å²) in [6.07, 6.45) is 1.88. The molecule has 3 heterocycles. The van der Waals surface area contributed by atoms with Gasteiger partial charge in [-0.15, -0.1) is 0 Å². The Balaban J connectivity index is 1.42. The van der Waals surface area contributed by atoms with Crippen LogP contribution < -0.4 is 5.32 Å². The van der Waals surface area contributed by atoms with Crippen LogP contribution in [0.2, 0.25) is 0 Å². The number of hydrogen-bond donors (Lipinski definition) is 2. The van der Waals surface area contributed by atoms with Crippen molar-refractivity contribution in [3.8, 4) is 11.5 Å². The van der Waals surface area contributed by atoms with Crippen molar-refractivity contribution in [3.05, 3.63) is 29.7 Å². The van der Waals surface area contributed by atoms with E-state index < -0.39 is 0 Å². The van der Waals surface area contributed by atoms with Crippen LogP contribution in [0.1, 0.15) is 25.2 Å². The first-order chi connectivity index (χ1) is 12.2. The smallest absolute Gasteiger partial charge is 0.152 e. The summed E-state index contributed by atoms with van der Waals surface area (Å²) in [5.41, 5.74) is 2.13. The molecule has 0 bridgehead atoms. The second kappa shape index (κ2) is 8.65. The van der Waals surface area contributed by atoms with Crippen LogP contribution in [-0.4, -0.2) is 65.8 Å². The zero-order valence-electron chi connectivity index (χ0n) is 15.7. The fourth-order valence-electron chi connectivity index (χ4n) is 3.47. The normalized spacial score (nSPS) is 17.9. The molecule has 0 aromatic carbocycles. The van der Waals surface area contributed by atoms with Crippen LogP contribution in [0.5, 0.6) is 0 Å². The maximum Gasteiger partial charge on any atom is 0.152 e. The summed E-state index contributed by atoms with van der Waals surface area (Å²) < 4.78 is 5.70. The van der Waals surface area contributed by atoms with E-state index >= 15 is 0 Å². The van der Waals surface area contributed by atoms with Gasteiger partial charge in [0.25, 0.3) is 0 Å². The Labute approximate surface area is 150 Å². The molecule has 6 nitrogen and oxygen atoms in total. The first-order valence-electron chi connectivity index (χ1n) is 9.40. The zero-order chi connectivity index (χ0) is 17.6. The molecule has 6 heteroatoms. The minimum atomic E-state index is 0.634. The van der Waals surface area contributed by atoms with E-state index in [4.69, 9.17) is 4.42 Å². The molecule has 1 aliphatic rings. The van der Waals surface area contributed by atoms with Crippen molar-refractivity contribution in [2.24, 2.45) is 5.92 Å². The second-order valence-corrected chi connectivity index (χ2v) is 7.15. The average molecular weight is 345 g/mol. The fraction of sp³-hybridized carbons (Fsp3) is 0.632. The molecular formula is C19H31N5O. The Hall–Kier alpha value is -1.63. The van der Waals surface area contributed by atoms with Crippen LogP contribution in [0.4, 0.5) is 0 Å². The molecule has 0 radical (unpaired) electrons. The summed E-state index contributed by atoms with van der Waals surface area (Å²) in [7, 11) is 0. The van der Waals surface area contributed by atoms with E-state index in [0.717, 1.165) is 35.9 Å². The van der Waals surface area contributed by atoms with Gasteiger partial charge < -0.3 is 19.5 Å². The SMILES string of the molecule is CCN1CCN(CC(C)CNCc2cn[nH]c2-c2ccc(C)o2)CC1. The molecule has 0 amide bonds. The minimum absolute atomic E-state index is 0.634. The predicted molar refractivity (Wildman–Crippen MR) is 100 cm³/mol. The van der Waals surface area contributed by atoms with E-state index in [1.165, 1.54) is 39.3 Å². The maximum atomic E-state index is 5.70. The second-order valence-electron chi connectivity index (χ2n) is 7.15. The lowest BCUT2D eigenvalue weighted by molar-refractivity contribution is 0.124. The molecule has 1 fully saturated rings. The number of H-pyrrole nitrogens is 1. The number of piperazine rings is 1. The Bertz CT molecular complexity index is 642. The summed E-state index contributed by atoms with van der Waals surface area (Å²) in [6.45, 7) is 15.5. The van der Waals surface area contributed by atoms with E-state index in [-0.39, 0.29) is 0 Å². The first kappa shape index (κ1) is 18.2. The zero-order valence-corrected chi connectivity index (χ0v) is 15.7. The highest BCUT2D eigenvalue weighted by molar-refractivity contribution is 5.56. The Morgan fingerprint density at radius 2 is 2.00 bits per heavy atom. The molecule has 1 unspecified atom stereocenters. The molecule has 138 valence electrons. The Kier molecular flexibility index (Phi) is 6.29.